The molecule has 1 saturated heterocycles. The molecule has 2 atom stereocenters. The lowest BCUT2D eigenvalue weighted by Crippen LogP contribution is -2.39. The number of benzene rings is 2. The summed E-state index contributed by atoms with van der Waals surface area (Å²) < 4.78 is 6.43. The van der Waals surface area contributed by atoms with Crippen LogP contribution in [0.15, 0.2) is 53.0 Å². The van der Waals surface area contributed by atoms with Gasteiger partial charge in [0.1, 0.15) is 11.8 Å². The van der Waals surface area contributed by atoms with Gasteiger partial charge < -0.3 is 15.8 Å². The molecule has 0 aromatic heterocycles. The fourth-order valence-electron chi connectivity index (χ4n) is 2.78. The maximum absolute atomic E-state index is 12.5. The number of carbonyl (C=O) groups excluding carboxylic acids is 2. The van der Waals surface area contributed by atoms with E-state index in [4.69, 9.17) is 10.5 Å². The van der Waals surface area contributed by atoms with Gasteiger partial charge in [-0.15, -0.1) is 0 Å². The molecule has 0 aliphatic carbocycles. The molecule has 142 valence electrons. The molecule has 0 bridgehead atoms. The fourth-order valence-corrected chi connectivity index (χ4v) is 3.04. The smallest absolute Gasteiger partial charge is 0.242 e. The Morgan fingerprint density at radius 3 is 2.48 bits per heavy atom. The summed E-state index contributed by atoms with van der Waals surface area (Å²) >= 11 is 3.42. The van der Waals surface area contributed by atoms with Crippen molar-refractivity contribution in [2.24, 2.45) is 5.73 Å². The van der Waals surface area contributed by atoms with Gasteiger partial charge in [-0.2, -0.15) is 0 Å². The number of hydrogen-bond acceptors (Lipinski definition) is 5. The topological polar surface area (TPSA) is 105 Å². The second-order valence-corrected chi connectivity index (χ2v) is 7.18. The summed E-state index contributed by atoms with van der Waals surface area (Å²) in [7, 11) is 0. The van der Waals surface area contributed by atoms with Gasteiger partial charge in [0.2, 0.25) is 11.8 Å². The minimum absolute atomic E-state index is 0.0786. The molecule has 5 N–H and O–H groups in total. The highest BCUT2D eigenvalue weighted by Crippen LogP contribution is 2.24. The molecule has 0 saturated carbocycles. The first-order chi connectivity index (χ1) is 13.0. The predicted octanol–water partition coefficient (Wildman–Crippen LogP) is 2.25. The first kappa shape index (κ1) is 19.3. The van der Waals surface area contributed by atoms with Gasteiger partial charge in [0, 0.05) is 16.2 Å². The van der Waals surface area contributed by atoms with Crippen LogP contribution in [0.4, 0.5) is 5.69 Å². The summed E-state index contributed by atoms with van der Waals surface area (Å²) in [6, 6.07) is 14.8. The van der Waals surface area contributed by atoms with E-state index in [2.05, 4.69) is 32.1 Å². The lowest BCUT2D eigenvalue weighted by atomic mass is 10.0. The Labute approximate surface area is 165 Å². The van der Waals surface area contributed by atoms with Crippen LogP contribution in [0, 0.1) is 0 Å². The van der Waals surface area contributed by atoms with E-state index in [9.17, 15) is 9.59 Å². The monoisotopic (exact) mass is 432 g/mol. The maximum atomic E-state index is 12.5. The molecule has 1 aliphatic rings. The van der Waals surface area contributed by atoms with E-state index in [0.717, 1.165) is 10.0 Å². The van der Waals surface area contributed by atoms with Gasteiger partial charge >= 0.3 is 0 Å². The lowest BCUT2D eigenvalue weighted by molar-refractivity contribution is -0.119. The van der Waals surface area contributed by atoms with Gasteiger partial charge in [-0.25, -0.2) is 10.9 Å². The van der Waals surface area contributed by atoms with Crippen LogP contribution in [0.2, 0.25) is 0 Å². The number of nitrogens with one attached hydrogen (secondary N) is 3. The first-order valence-corrected chi connectivity index (χ1v) is 9.39. The Bertz CT molecular complexity index is 796. The van der Waals surface area contributed by atoms with Crippen LogP contribution < -0.4 is 26.6 Å². The molecule has 7 nitrogen and oxygen atoms in total. The Balaban J connectivity index is 1.50. The summed E-state index contributed by atoms with van der Waals surface area (Å²) in [5.74, 6) is 0.104. The number of amides is 2. The summed E-state index contributed by atoms with van der Waals surface area (Å²) in [6.07, 6.45) is 0.820. The molecule has 0 spiro atoms. The second kappa shape index (κ2) is 8.98. The van der Waals surface area contributed by atoms with E-state index in [1.807, 2.05) is 24.3 Å². The van der Waals surface area contributed by atoms with Crippen molar-refractivity contribution in [2.45, 2.75) is 24.9 Å². The number of carbonyl (C=O) groups is 2. The van der Waals surface area contributed by atoms with Gasteiger partial charge in [0.25, 0.3) is 0 Å². The van der Waals surface area contributed by atoms with Crippen molar-refractivity contribution < 1.29 is 14.3 Å². The fraction of sp³-hybridized carbons (Fsp3) is 0.263. The van der Waals surface area contributed by atoms with E-state index in [1.54, 1.807) is 24.3 Å². The van der Waals surface area contributed by atoms with Crippen molar-refractivity contribution in [2.75, 3.05) is 11.9 Å². The molecule has 2 unspecified atom stereocenters. The largest absolute Gasteiger partial charge is 0.493 e. The van der Waals surface area contributed by atoms with Crippen molar-refractivity contribution in [1.29, 1.82) is 0 Å². The summed E-state index contributed by atoms with van der Waals surface area (Å²) in [4.78, 5) is 23.2. The molecule has 0 radical (unpaired) electrons. The molecular formula is C19H21BrN4O3. The zero-order chi connectivity index (χ0) is 19.2. The number of anilines is 1. The average Bonchev–Trinajstić information content (AvgIpc) is 3.14. The van der Waals surface area contributed by atoms with Gasteiger partial charge in [-0.05, 0) is 48.4 Å². The minimum Gasteiger partial charge on any atom is -0.493 e. The zero-order valence-corrected chi connectivity index (χ0v) is 16.2. The number of primary amides is 1. The Morgan fingerprint density at radius 2 is 1.81 bits per heavy atom. The van der Waals surface area contributed by atoms with Crippen LogP contribution in [-0.2, 0) is 9.59 Å². The van der Waals surface area contributed by atoms with E-state index >= 15 is 0 Å². The third-order valence-corrected chi connectivity index (χ3v) is 4.76. The molecule has 2 amide bonds. The van der Waals surface area contributed by atoms with Gasteiger partial charge in [0.15, 0.2) is 0 Å². The molecular weight excluding hydrogens is 412 g/mol. The highest BCUT2D eigenvalue weighted by molar-refractivity contribution is 9.10. The molecule has 3 rings (SSSR count). The summed E-state index contributed by atoms with van der Waals surface area (Å²) in [5.41, 5.74) is 13.1. The highest BCUT2D eigenvalue weighted by Gasteiger charge is 2.30. The van der Waals surface area contributed by atoms with Gasteiger partial charge in [0.05, 0.1) is 13.0 Å². The number of hydrazine groups is 1. The van der Waals surface area contributed by atoms with Crippen LogP contribution in [0.1, 0.15) is 24.4 Å². The van der Waals surface area contributed by atoms with Crippen molar-refractivity contribution in [1.82, 2.24) is 10.9 Å². The van der Waals surface area contributed by atoms with Crippen molar-refractivity contribution in [3.05, 3.63) is 58.6 Å². The molecule has 1 aliphatic heterocycles. The Hall–Kier alpha value is -2.42. The number of nitrogens with two attached hydrogens (primary N) is 1. The van der Waals surface area contributed by atoms with E-state index in [1.165, 1.54) is 0 Å². The molecule has 27 heavy (non-hydrogen) atoms. The van der Waals surface area contributed by atoms with E-state index in [0.29, 0.717) is 17.9 Å². The van der Waals surface area contributed by atoms with Crippen LogP contribution >= 0.6 is 15.9 Å². The Morgan fingerprint density at radius 1 is 1.11 bits per heavy atom. The van der Waals surface area contributed by atoms with Gasteiger partial charge in [-0.3, -0.25) is 9.59 Å². The molecule has 2 aromatic carbocycles. The molecule has 8 heteroatoms. The zero-order valence-electron chi connectivity index (χ0n) is 14.6. The predicted molar refractivity (Wildman–Crippen MR) is 106 cm³/mol. The third kappa shape index (κ3) is 5.53. The van der Waals surface area contributed by atoms with Crippen LogP contribution in [-0.4, -0.2) is 24.5 Å². The maximum Gasteiger partial charge on any atom is 0.242 e. The standard InChI is InChI=1S/C19H21BrN4O3/c20-13-3-1-12(2-4-13)16-11-17(24-23-16)19(26)22-14-5-7-15(8-6-14)27-10-9-18(21)25/h1-8,16-17,23-24H,9-11H2,(H2,21,25)(H,22,26). The van der Waals surface area contributed by atoms with E-state index in [-0.39, 0.29) is 31.0 Å². The van der Waals surface area contributed by atoms with Crippen LogP contribution in [0.25, 0.3) is 0 Å². The van der Waals surface area contributed by atoms with E-state index < -0.39 is 5.91 Å². The number of hydrogen-bond donors (Lipinski definition) is 4. The van der Waals surface area contributed by atoms with Crippen molar-refractivity contribution in [3.8, 4) is 5.75 Å². The first-order valence-electron chi connectivity index (χ1n) is 8.60. The third-order valence-electron chi connectivity index (χ3n) is 4.23. The number of halogens is 1. The van der Waals surface area contributed by atoms with Crippen molar-refractivity contribution in [3.63, 3.8) is 0 Å². The highest BCUT2D eigenvalue weighted by atomic mass is 79.9. The summed E-state index contributed by atoms with van der Waals surface area (Å²) in [5, 5.41) is 2.89. The lowest BCUT2D eigenvalue weighted by Gasteiger charge is -2.11. The van der Waals surface area contributed by atoms with Gasteiger partial charge in [-0.1, -0.05) is 28.1 Å². The molecule has 1 fully saturated rings. The van der Waals surface area contributed by atoms with Crippen LogP contribution in [0.3, 0.4) is 0 Å². The number of ether oxygens (including phenoxy) is 1. The SMILES string of the molecule is NC(=O)CCOc1ccc(NC(=O)C2CC(c3ccc(Br)cc3)NN2)cc1. The average molecular weight is 433 g/mol. The quantitative estimate of drug-likeness (QED) is 0.536. The molecule has 2 aromatic rings. The summed E-state index contributed by atoms with van der Waals surface area (Å²) in [6.45, 7) is 0.232. The Kier molecular flexibility index (Phi) is 6.44. The second-order valence-electron chi connectivity index (χ2n) is 6.26. The minimum atomic E-state index is -0.405. The number of rotatable bonds is 7. The van der Waals surface area contributed by atoms with Crippen molar-refractivity contribution >= 4 is 33.4 Å². The molecule has 1 heterocycles. The normalized spacial score (nSPS) is 18.9. The van der Waals surface area contributed by atoms with Crippen LogP contribution in [0.5, 0.6) is 5.75 Å².